The minimum Gasteiger partial charge on any atom is -0.392 e. The van der Waals surface area contributed by atoms with E-state index in [1.807, 2.05) is 0 Å². The highest BCUT2D eigenvalue weighted by molar-refractivity contribution is 9.40. The van der Waals surface area contributed by atoms with E-state index in [4.69, 9.17) is 5.11 Å². The van der Waals surface area contributed by atoms with Crippen LogP contribution in [0.3, 0.4) is 0 Å². The monoisotopic (exact) mass is 399 g/mol. The molecule has 0 heterocycles. The fourth-order valence-electron chi connectivity index (χ4n) is 0.949. The van der Waals surface area contributed by atoms with Crippen molar-refractivity contribution >= 4 is 59.4 Å². The van der Waals surface area contributed by atoms with Gasteiger partial charge in [-0.05, 0) is 65.5 Å². The molecule has 0 bridgehead atoms. The number of rotatable bonds is 2. The van der Waals surface area contributed by atoms with Crippen LogP contribution in [0.15, 0.2) is 24.3 Å². The fourth-order valence-corrected chi connectivity index (χ4v) is 1.25. The van der Waals surface area contributed by atoms with Gasteiger partial charge in [-0.15, -0.1) is 0 Å². The standard InChI is InChI=1S/C9H8Br3NO2/c10-9(11,12)8(15)13-7-3-1-2-6(4-7)5-14/h1-4,14H,5H2,(H,13,15). The van der Waals surface area contributed by atoms with Crippen molar-refractivity contribution in [2.75, 3.05) is 5.32 Å². The lowest BCUT2D eigenvalue weighted by molar-refractivity contribution is -0.114. The zero-order valence-electron chi connectivity index (χ0n) is 7.51. The van der Waals surface area contributed by atoms with Crippen LogP contribution in [-0.4, -0.2) is 13.2 Å². The number of hydrogen-bond acceptors (Lipinski definition) is 2. The molecule has 0 radical (unpaired) electrons. The number of halogens is 3. The maximum Gasteiger partial charge on any atom is 0.263 e. The largest absolute Gasteiger partial charge is 0.392 e. The molecule has 0 aliphatic rings. The van der Waals surface area contributed by atoms with E-state index in [-0.39, 0.29) is 12.5 Å². The molecule has 15 heavy (non-hydrogen) atoms. The summed E-state index contributed by atoms with van der Waals surface area (Å²) in [7, 11) is 0. The molecule has 0 saturated carbocycles. The average molecular weight is 402 g/mol. The lowest BCUT2D eigenvalue weighted by atomic mass is 10.2. The maximum atomic E-state index is 11.5. The summed E-state index contributed by atoms with van der Waals surface area (Å²) in [6.45, 7) is -0.0498. The van der Waals surface area contributed by atoms with Crippen LogP contribution >= 0.6 is 47.8 Å². The number of aliphatic hydroxyl groups is 1. The van der Waals surface area contributed by atoms with Crippen LogP contribution in [0.4, 0.5) is 5.69 Å². The van der Waals surface area contributed by atoms with Crippen molar-refractivity contribution < 1.29 is 9.90 Å². The first-order chi connectivity index (χ1) is 6.93. The Balaban J connectivity index is 2.77. The highest BCUT2D eigenvalue weighted by Gasteiger charge is 2.28. The summed E-state index contributed by atoms with van der Waals surface area (Å²) in [5, 5.41) is 11.6. The van der Waals surface area contributed by atoms with E-state index in [0.29, 0.717) is 5.69 Å². The van der Waals surface area contributed by atoms with Gasteiger partial charge < -0.3 is 10.4 Å². The second-order valence-corrected chi connectivity index (χ2v) is 9.57. The topological polar surface area (TPSA) is 49.3 Å². The number of anilines is 1. The molecule has 0 unspecified atom stereocenters. The number of carbonyl (C=O) groups excluding carboxylic acids is 1. The third-order valence-corrected chi connectivity index (χ3v) is 2.71. The van der Waals surface area contributed by atoms with Crippen molar-refractivity contribution in [2.24, 2.45) is 0 Å². The maximum absolute atomic E-state index is 11.5. The molecular weight excluding hydrogens is 394 g/mol. The quantitative estimate of drug-likeness (QED) is 0.748. The highest BCUT2D eigenvalue weighted by Crippen LogP contribution is 2.34. The van der Waals surface area contributed by atoms with E-state index in [1.54, 1.807) is 24.3 Å². The lowest BCUT2D eigenvalue weighted by Gasteiger charge is -2.12. The molecule has 0 aliphatic carbocycles. The second-order valence-electron chi connectivity index (χ2n) is 2.81. The smallest absolute Gasteiger partial charge is 0.263 e. The molecule has 1 aromatic carbocycles. The lowest BCUT2D eigenvalue weighted by Crippen LogP contribution is -2.25. The summed E-state index contributed by atoms with van der Waals surface area (Å²) < 4.78 is -0.970. The predicted molar refractivity (Wildman–Crippen MR) is 70.5 cm³/mol. The van der Waals surface area contributed by atoms with Gasteiger partial charge in [-0.3, -0.25) is 4.79 Å². The Kier molecular flexibility index (Phi) is 4.76. The minimum absolute atomic E-state index is 0.0498. The predicted octanol–water partition coefficient (Wildman–Crippen LogP) is 2.96. The number of carbonyl (C=O) groups is 1. The number of amides is 1. The molecule has 82 valence electrons. The Hall–Kier alpha value is 0.0900. The van der Waals surface area contributed by atoms with Gasteiger partial charge in [-0.1, -0.05) is 12.1 Å². The Morgan fingerprint density at radius 3 is 2.60 bits per heavy atom. The third kappa shape index (κ3) is 4.22. The van der Waals surface area contributed by atoms with Crippen LogP contribution in [-0.2, 0) is 11.4 Å². The number of benzene rings is 1. The van der Waals surface area contributed by atoms with E-state index in [0.717, 1.165) is 5.56 Å². The van der Waals surface area contributed by atoms with Gasteiger partial charge in [-0.2, -0.15) is 0 Å². The average Bonchev–Trinajstić information content (AvgIpc) is 2.16. The van der Waals surface area contributed by atoms with Gasteiger partial charge in [0.2, 0.25) is 2.14 Å². The molecule has 6 heteroatoms. The molecule has 1 rings (SSSR count). The summed E-state index contributed by atoms with van der Waals surface area (Å²) in [6.07, 6.45) is 0. The molecular formula is C9H8Br3NO2. The number of nitrogens with one attached hydrogen (secondary N) is 1. The Labute approximate surface area is 113 Å². The molecule has 1 amide bonds. The van der Waals surface area contributed by atoms with Crippen LogP contribution in [0.25, 0.3) is 0 Å². The van der Waals surface area contributed by atoms with Gasteiger partial charge in [0.1, 0.15) is 0 Å². The van der Waals surface area contributed by atoms with Crippen LogP contribution in [0.2, 0.25) is 0 Å². The van der Waals surface area contributed by atoms with Gasteiger partial charge in [0.15, 0.2) is 0 Å². The molecule has 0 aliphatic heterocycles. The van der Waals surface area contributed by atoms with E-state index >= 15 is 0 Å². The summed E-state index contributed by atoms with van der Waals surface area (Å²) in [6, 6.07) is 6.99. The van der Waals surface area contributed by atoms with Crippen molar-refractivity contribution in [1.29, 1.82) is 0 Å². The summed E-state index contributed by atoms with van der Waals surface area (Å²) in [4.78, 5) is 11.5. The second kappa shape index (κ2) is 5.43. The fraction of sp³-hybridized carbons (Fsp3) is 0.222. The summed E-state index contributed by atoms with van der Waals surface area (Å²) in [5.41, 5.74) is 1.38. The van der Waals surface area contributed by atoms with Gasteiger partial charge in [-0.25, -0.2) is 0 Å². The van der Waals surface area contributed by atoms with Crippen LogP contribution in [0, 0.1) is 0 Å². The first kappa shape index (κ1) is 13.2. The van der Waals surface area contributed by atoms with E-state index < -0.39 is 2.14 Å². The SMILES string of the molecule is O=C(Nc1cccc(CO)c1)C(Br)(Br)Br. The first-order valence-electron chi connectivity index (χ1n) is 4.01. The van der Waals surface area contributed by atoms with Crippen molar-refractivity contribution in [3.63, 3.8) is 0 Å². The van der Waals surface area contributed by atoms with Crippen LogP contribution in [0.5, 0.6) is 0 Å². The Morgan fingerprint density at radius 1 is 1.40 bits per heavy atom. The summed E-state index contributed by atoms with van der Waals surface area (Å²) in [5.74, 6) is -0.280. The zero-order valence-corrected chi connectivity index (χ0v) is 12.3. The first-order valence-corrected chi connectivity index (χ1v) is 6.39. The van der Waals surface area contributed by atoms with Crippen molar-refractivity contribution in [1.82, 2.24) is 0 Å². The van der Waals surface area contributed by atoms with Gasteiger partial charge >= 0.3 is 0 Å². The van der Waals surface area contributed by atoms with Crippen molar-refractivity contribution in [2.45, 2.75) is 8.75 Å². The Bertz CT molecular complexity index is 363. The van der Waals surface area contributed by atoms with Crippen molar-refractivity contribution in [3.8, 4) is 0 Å². The molecule has 3 nitrogen and oxygen atoms in total. The normalized spacial score (nSPS) is 11.2. The van der Waals surface area contributed by atoms with Gasteiger partial charge in [0.05, 0.1) is 6.61 Å². The van der Waals surface area contributed by atoms with Crippen molar-refractivity contribution in [3.05, 3.63) is 29.8 Å². The van der Waals surface area contributed by atoms with Gasteiger partial charge in [0, 0.05) is 5.69 Å². The molecule has 0 saturated heterocycles. The molecule has 0 aromatic heterocycles. The van der Waals surface area contributed by atoms with E-state index in [1.165, 1.54) is 0 Å². The molecule has 1 aromatic rings. The van der Waals surface area contributed by atoms with E-state index in [2.05, 4.69) is 53.1 Å². The third-order valence-electron chi connectivity index (χ3n) is 1.62. The van der Waals surface area contributed by atoms with Crippen LogP contribution < -0.4 is 5.32 Å². The minimum atomic E-state index is -0.970. The summed E-state index contributed by atoms with van der Waals surface area (Å²) >= 11 is 9.33. The van der Waals surface area contributed by atoms with Crippen LogP contribution in [0.1, 0.15) is 5.56 Å². The zero-order chi connectivity index (χ0) is 11.5. The van der Waals surface area contributed by atoms with Gasteiger partial charge in [0.25, 0.3) is 5.91 Å². The molecule has 0 fully saturated rings. The highest BCUT2D eigenvalue weighted by atomic mass is 80.0. The number of hydrogen-bond donors (Lipinski definition) is 2. The van der Waals surface area contributed by atoms with E-state index in [9.17, 15) is 4.79 Å². The number of aliphatic hydroxyl groups excluding tert-OH is 1. The molecule has 2 N–H and O–H groups in total. The molecule has 0 atom stereocenters. The molecule has 0 spiro atoms. The Morgan fingerprint density at radius 2 is 2.07 bits per heavy atom. The number of alkyl halides is 3.